The monoisotopic (exact) mass is 412 g/mol. The van der Waals surface area contributed by atoms with E-state index in [1.807, 2.05) is 47.0 Å². The molecule has 3 heterocycles. The highest BCUT2D eigenvalue weighted by molar-refractivity contribution is 7.99. The van der Waals surface area contributed by atoms with E-state index >= 15 is 0 Å². The Kier molecular flexibility index (Phi) is 5.89. The summed E-state index contributed by atoms with van der Waals surface area (Å²) in [4.78, 5) is 12.7. The summed E-state index contributed by atoms with van der Waals surface area (Å²) in [6.45, 7) is 5.48. The number of pyridine rings is 1. The molecule has 0 unspecified atom stereocenters. The first-order valence-electron chi connectivity index (χ1n) is 9.73. The van der Waals surface area contributed by atoms with Crippen LogP contribution in [0.5, 0.6) is 11.5 Å². The van der Waals surface area contributed by atoms with Gasteiger partial charge in [-0.1, -0.05) is 37.7 Å². The summed E-state index contributed by atoms with van der Waals surface area (Å²) in [5.41, 5.74) is 1.78. The number of nitrogens with one attached hydrogen (secondary N) is 1. The number of fused-ring (bicyclic) bond motifs is 2. The maximum atomic E-state index is 12.7. The number of amides is 1. The average molecular weight is 413 g/mol. The molecule has 1 aliphatic heterocycles. The van der Waals surface area contributed by atoms with Gasteiger partial charge in [0.1, 0.15) is 0 Å². The van der Waals surface area contributed by atoms with Crippen LogP contribution in [0.3, 0.4) is 0 Å². The van der Waals surface area contributed by atoms with Crippen LogP contribution in [0.2, 0.25) is 0 Å². The number of benzene rings is 1. The van der Waals surface area contributed by atoms with Gasteiger partial charge in [-0.2, -0.15) is 0 Å². The van der Waals surface area contributed by atoms with Gasteiger partial charge in [0.25, 0.3) is 0 Å². The zero-order chi connectivity index (χ0) is 20.2. The predicted octanol–water partition coefficient (Wildman–Crippen LogP) is 3.50. The molecule has 3 aromatic rings. The van der Waals surface area contributed by atoms with E-state index in [0.717, 1.165) is 29.1 Å². The average Bonchev–Trinajstić information content (AvgIpc) is 2.99. The molecule has 1 aromatic carbocycles. The van der Waals surface area contributed by atoms with Gasteiger partial charge in [0.2, 0.25) is 5.91 Å². The Morgan fingerprint density at radius 3 is 2.83 bits per heavy atom. The summed E-state index contributed by atoms with van der Waals surface area (Å²) < 4.78 is 13.4. The number of thioether (sulfide) groups is 1. The van der Waals surface area contributed by atoms with Gasteiger partial charge in [0.15, 0.2) is 22.3 Å². The van der Waals surface area contributed by atoms with E-state index in [2.05, 4.69) is 29.4 Å². The van der Waals surface area contributed by atoms with Crippen molar-refractivity contribution in [1.29, 1.82) is 0 Å². The lowest BCUT2D eigenvalue weighted by Gasteiger charge is -2.23. The van der Waals surface area contributed by atoms with E-state index in [0.29, 0.717) is 18.4 Å². The largest absolute Gasteiger partial charge is 0.490 e. The maximum Gasteiger partial charge on any atom is 0.230 e. The van der Waals surface area contributed by atoms with Crippen molar-refractivity contribution in [3.63, 3.8) is 0 Å². The van der Waals surface area contributed by atoms with Crippen molar-refractivity contribution in [3.05, 3.63) is 48.2 Å². The Bertz CT molecular complexity index is 1000. The van der Waals surface area contributed by atoms with Gasteiger partial charge in [-0.15, -0.1) is 10.2 Å². The molecule has 0 radical (unpaired) electrons. The minimum atomic E-state index is -0.115. The maximum absolute atomic E-state index is 12.7. The molecule has 0 spiro atoms. The van der Waals surface area contributed by atoms with E-state index in [9.17, 15) is 4.79 Å². The third-order valence-corrected chi connectivity index (χ3v) is 5.67. The molecule has 1 atom stereocenters. The molecule has 0 aliphatic carbocycles. The van der Waals surface area contributed by atoms with Crippen molar-refractivity contribution < 1.29 is 14.3 Å². The summed E-state index contributed by atoms with van der Waals surface area (Å²) in [5.74, 6) is 1.94. The molecular weight excluding hydrogens is 388 g/mol. The first kappa shape index (κ1) is 19.6. The molecule has 29 heavy (non-hydrogen) atoms. The number of carbonyl (C=O) groups excluding carboxylic acids is 1. The molecule has 1 aliphatic rings. The minimum Gasteiger partial charge on any atom is -0.490 e. The zero-order valence-corrected chi connectivity index (χ0v) is 17.3. The van der Waals surface area contributed by atoms with Gasteiger partial charge in [-0.05, 0) is 35.7 Å². The third kappa shape index (κ3) is 4.48. The molecule has 4 rings (SSSR count). The fourth-order valence-electron chi connectivity index (χ4n) is 3.27. The van der Waals surface area contributed by atoms with Crippen LogP contribution in [0.15, 0.2) is 47.8 Å². The van der Waals surface area contributed by atoms with Crippen LogP contribution in [0.25, 0.3) is 5.65 Å². The van der Waals surface area contributed by atoms with Crippen molar-refractivity contribution in [2.45, 2.75) is 31.5 Å². The number of hydrogen-bond acceptors (Lipinski definition) is 6. The lowest BCUT2D eigenvalue weighted by molar-refractivity contribution is -0.119. The normalized spacial score (nSPS) is 14.6. The molecule has 8 heteroatoms. The summed E-state index contributed by atoms with van der Waals surface area (Å²) in [6, 6.07) is 11.5. The second-order valence-corrected chi connectivity index (χ2v) is 8.19. The van der Waals surface area contributed by atoms with Gasteiger partial charge in [0, 0.05) is 12.6 Å². The van der Waals surface area contributed by atoms with Gasteiger partial charge in [-0.3, -0.25) is 9.20 Å². The van der Waals surface area contributed by atoms with Crippen LogP contribution >= 0.6 is 11.8 Å². The standard InChI is InChI=1S/C21H24N4O3S/c1-14(2)20(15-7-8-16-17(12-15)28-11-5-10-27-16)22-19(26)13-29-21-24-23-18-6-3-4-9-25(18)21/h3-4,6-9,12,14,20H,5,10-11,13H2,1-2H3,(H,22,26)/t20-/m1/s1. The summed E-state index contributed by atoms with van der Waals surface area (Å²) in [7, 11) is 0. The van der Waals surface area contributed by atoms with E-state index in [1.165, 1.54) is 11.8 Å². The number of aromatic nitrogens is 3. The second-order valence-electron chi connectivity index (χ2n) is 7.25. The number of carbonyl (C=O) groups is 1. The SMILES string of the molecule is CC(C)[C@@H](NC(=O)CSc1nnc2ccccn12)c1ccc2c(c1)OCCCO2. The van der Waals surface area contributed by atoms with E-state index < -0.39 is 0 Å². The summed E-state index contributed by atoms with van der Waals surface area (Å²) in [6.07, 6.45) is 2.76. The third-order valence-electron chi connectivity index (χ3n) is 4.73. The van der Waals surface area contributed by atoms with E-state index in [4.69, 9.17) is 9.47 Å². The molecular formula is C21H24N4O3S. The number of nitrogens with zero attached hydrogens (tertiary/aromatic N) is 3. The topological polar surface area (TPSA) is 77.8 Å². The first-order valence-corrected chi connectivity index (χ1v) is 10.7. The zero-order valence-electron chi connectivity index (χ0n) is 16.5. The highest BCUT2D eigenvalue weighted by Gasteiger charge is 2.21. The molecule has 0 bridgehead atoms. The Morgan fingerprint density at radius 2 is 2.00 bits per heavy atom. The van der Waals surface area contributed by atoms with Crippen LogP contribution < -0.4 is 14.8 Å². The van der Waals surface area contributed by atoms with Crippen LogP contribution in [-0.2, 0) is 4.79 Å². The molecule has 0 saturated carbocycles. The van der Waals surface area contributed by atoms with Crippen molar-refractivity contribution in [3.8, 4) is 11.5 Å². The van der Waals surface area contributed by atoms with Crippen LogP contribution in [0, 0.1) is 5.92 Å². The van der Waals surface area contributed by atoms with E-state index in [-0.39, 0.29) is 23.6 Å². The Balaban J connectivity index is 1.44. The smallest absolute Gasteiger partial charge is 0.230 e. The summed E-state index contributed by atoms with van der Waals surface area (Å²) >= 11 is 1.37. The number of hydrogen-bond donors (Lipinski definition) is 1. The van der Waals surface area contributed by atoms with Crippen LogP contribution in [0.4, 0.5) is 0 Å². The van der Waals surface area contributed by atoms with Gasteiger partial charge in [0.05, 0.1) is 25.0 Å². The van der Waals surface area contributed by atoms with Crippen LogP contribution in [0.1, 0.15) is 31.9 Å². The Hall–Kier alpha value is -2.74. The Morgan fingerprint density at radius 1 is 1.17 bits per heavy atom. The highest BCUT2D eigenvalue weighted by Crippen LogP contribution is 2.34. The molecule has 2 aromatic heterocycles. The lowest BCUT2D eigenvalue weighted by Crippen LogP contribution is -2.33. The fourth-order valence-corrected chi connectivity index (χ4v) is 4.01. The van der Waals surface area contributed by atoms with E-state index in [1.54, 1.807) is 0 Å². The molecule has 0 fully saturated rings. The summed E-state index contributed by atoms with van der Waals surface area (Å²) in [5, 5.41) is 12.1. The van der Waals surface area contributed by atoms with Crippen LogP contribution in [-0.4, -0.2) is 39.5 Å². The number of rotatable bonds is 6. The minimum absolute atomic E-state index is 0.0477. The molecule has 7 nitrogen and oxygen atoms in total. The molecule has 1 N–H and O–H groups in total. The van der Waals surface area contributed by atoms with Gasteiger partial charge < -0.3 is 14.8 Å². The predicted molar refractivity (Wildman–Crippen MR) is 111 cm³/mol. The molecule has 1 amide bonds. The van der Waals surface area contributed by atoms with Gasteiger partial charge >= 0.3 is 0 Å². The van der Waals surface area contributed by atoms with Crippen molar-refractivity contribution in [1.82, 2.24) is 19.9 Å². The highest BCUT2D eigenvalue weighted by atomic mass is 32.2. The fraction of sp³-hybridized carbons (Fsp3) is 0.381. The first-order chi connectivity index (χ1) is 14.1. The quantitative estimate of drug-likeness (QED) is 0.625. The van der Waals surface area contributed by atoms with Crippen molar-refractivity contribution in [2.75, 3.05) is 19.0 Å². The molecule has 0 saturated heterocycles. The van der Waals surface area contributed by atoms with Crippen molar-refractivity contribution in [2.24, 2.45) is 5.92 Å². The van der Waals surface area contributed by atoms with Gasteiger partial charge in [-0.25, -0.2) is 0 Å². The second kappa shape index (κ2) is 8.73. The Labute approximate surface area is 173 Å². The number of ether oxygens (including phenoxy) is 2. The molecule has 152 valence electrons. The van der Waals surface area contributed by atoms with Crippen molar-refractivity contribution >= 4 is 23.3 Å². The lowest BCUT2D eigenvalue weighted by atomic mass is 9.95.